The van der Waals surface area contributed by atoms with Crippen LogP contribution in [0.4, 0.5) is 21.8 Å². The van der Waals surface area contributed by atoms with Crippen LogP contribution >= 0.6 is 0 Å². The van der Waals surface area contributed by atoms with Gasteiger partial charge in [0.2, 0.25) is 5.95 Å². The van der Waals surface area contributed by atoms with Gasteiger partial charge in [-0.3, -0.25) is 0 Å². The lowest BCUT2D eigenvalue weighted by molar-refractivity contribution is 0.613. The third-order valence-corrected chi connectivity index (χ3v) is 3.51. The molecule has 3 rings (SSSR count). The Morgan fingerprint density at radius 3 is 2.62 bits per heavy atom. The van der Waals surface area contributed by atoms with Gasteiger partial charge in [0.15, 0.2) is 17.0 Å². The van der Waals surface area contributed by atoms with Gasteiger partial charge in [-0.15, -0.1) is 0 Å². The molecular weight excluding hydrogens is 309 g/mol. The van der Waals surface area contributed by atoms with Gasteiger partial charge in [0.25, 0.3) is 0 Å². The molecule has 2 heterocycles. The molecule has 4 N–H and O–H groups in total. The van der Waals surface area contributed by atoms with Crippen LogP contribution in [0.1, 0.15) is 19.9 Å². The summed E-state index contributed by atoms with van der Waals surface area (Å²) in [5.74, 6) is 0.744. The van der Waals surface area contributed by atoms with Crippen molar-refractivity contribution in [2.24, 2.45) is 5.73 Å². The van der Waals surface area contributed by atoms with E-state index in [1.807, 2.05) is 4.57 Å². The van der Waals surface area contributed by atoms with E-state index >= 15 is 0 Å². The maximum absolute atomic E-state index is 13.1. The molecule has 126 valence electrons. The highest BCUT2D eigenvalue weighted by Crippen LogP contribution is 2.26. The van der Waals surface area contributed by atoms with Gasteiger partial charge < -0.3 is 20.9 Å². The standard InChI is InChI=1S/C16H20FN7/c1-10(2)24-9-20-13-14(21-12-5-3-11(17)4-6-12)22-16(19-8-7-18)23-15(13)24/h3-6,9-10H,7-8,18H2,1-2H3,(H2,19,21,22,23). The number of nitrogens with one attached hydrogen (secondary N) is 2. The molecule has 1 aromatic carbocycles. The first kappa shape index (κ1) is 16.1. The number of nitrogens with zero attached hydrogens (tertiary/aromatic N) is 4. The summed E-state index contributed by atoms with van der Waals surface area (Å²) in [5.41, 5.74) is 7.64. The Morgan fingerprint density at radius 2 is 1.96 bits per heavy atom. The van der Waals surface area contributed by atoms with Crippen LogP contribution < -0.4 is 16.4 Å². The number of halogens is 1. The van der Waals surface area contributed by atoms with Crippen LogP contribution in [0.5, 0.6) is 0 Å². The van der Waals surface area contributed by atoms with E-state index in [1.165, 1.54) is 12.1 Å². The van der Waals surface area contributed by atoms with Gasteiger partial charge in [-0.25, -0.2) is 9.37 Å². The summed E-state index contributed by atoms with van der Waals surface area (Å²) in [6, 6.07) is 6.29. The molecule has 0 saturated carbocycles. The predicted octanol–water partition coefficient (Wildman–Crippen LogP) is 2.66. The number of nitrogens with two attached hydrogens (primary N) is 1. The summed E-state index contributed by atoms with van der Waals surface area (Å²) in [7, 11) is 0. The molecule has 0 radical (unpaired) electrons. The molecule has 0 spiro atoms. The molecule has 0 aliphatic carbocycles. The molecule has 0 fully saturated rings. The fourth-order valence-corrected chi connectivity index (χ4v) is 2.31. The Hall–Kier alpha value is -2.74. The zero-order valence-corrected chi connectivity index (χ0v) is 13.6. The van der Waals surface area contributed by atoms with Crippen LogP contribution in [0.2, 0.25) is 0 Å². The number of fused-ring (bicyclic) bond motifs is 1. The monoisotopic (exact) mass is 329 g/mol. The summed E-state index contributed by atoms with van der Waals surface area (Å²) in [6.07, 6.45) is 1.74. The third kappa shape index (κ3) is 3.28. The number of imidazole rings is 1. The second-order valence-electron chi connectivity index (χ2n) is 5.66. The molecule has 0 atom stereocenters. The van der Waals surface area contributed by atoms with Crippen LogP contribution in [0.3, 0.4) is 0 Å². The van der Waals surface area contributed by atoms with E-state index in [1.54, 1.807) is 18.5 Å². The Morgan fingerprint density at radius 1 is 1.21 bits per heavy atom. The molecule has 3 aromatic rings. The summed E-state index contributed by atoms with van der Waals surface area (Å²) in [4.78, 5) is 13.4. The van der Waals surface area contributed by atoms with Crippen molar-refractivity contribution in [2.45, 2.75) is 19.9 Å². The van der Waals surface area contributed by atoms with Crippen molar-refractivity contribution in [1.29, 1.82) is 0 Å². The minimum Gasteiger partial charge on any atom is -0.353 e. The molecule has 0 unspecified atom stereocenters. The molecule has 8 heteroatoms. The summed E-state index contributed by atoms with van der Waals surface area (Å²) in [6.45, 7) is 5.16. The van der Waals surface area contributed by atoms with Crippen molar-refractivity contribution >= 4 is 28.6 Å². The van der Waals surface area contributed by atoms with Gasteiger partial charge in [-0.2, -0.15) is 9.97 Å². The van der Waals surface area contributed by atoms with E-state index in [0.717, 1.165) is 11.3 Å². The van der Waals surface area contributed by atoms with E-state index in [4.69, 9.17) is 5.73 Å². The second-order valence-corrected chi connectivity index (χ2v) is 5.66. The smallest absolute Gasteiger partial charge is 0.226 e. The van der Waals surface area contributed by atoms with E-state index in [0.29, 0.717) is 30.4 Å². The van der Waals surface area contributed by atoms with Gasteiger partial charge in [-0.1, -0.05) is 0 Å². The molecule has 2 aromatic heterocycles. The first-order chi connectivity index (χ1) is 11.6. The average Bonchev–Trinajstić information content (AvgIpc) is 2.99. The summed E-state index contributed by atoms with van der Waals surface area (Å²) < 4.78 is 15.1. The van der Waals surface area contributed by atoms with Gasteiger partial charge in [-0.05, 0) is 38.1 Å². The number of benzene rings is 1. The minimum atomic E-state index is -0.289. The zero-order valence-electron chi connectivity index (χ0n) is 13.6. The second kappa shape index (κ2) is 6.79. The largest absolute Gasteiger partial charge is 0.353 e. The van der Waals surface area contributed by atoms with Gasteiger partial charge >= 0.3 is 0 Å². The number of hydrogen-bond donors (Lipinski definition) is 3. The lowest BCUT2D eigenvalue weighted by atomic mass is 10.3. The Labute approximate surface area is 139 Å². The van der Waals surface area contributed by atoms with Crippen LogP contribution in [-0.2, 0) is 0 Å². The number of rotatable bonds is 6. The maximum atomic E-state index is 13.1. The van der Waals surface area contributed by atoms with Crippen LogP contribution in [0, 0.1) is 5.82 Å². The molecule has 0 aliphatic rings. The molecular formula is C16H20FN7. The number of hydrogen-bond acceptors (Lipinski definition) is 6. The highest BCUT2D eigenvalue weighted by atomic mass is 19.1. The zero-order chi connectivity index (χ0) is 17.1. The quantitative estimate of drug-likeness (QED) is 0.644. The molecule has 0 saturated heterocycles. The van der Waals surface area contributed by atoms with Crippen molar-refractivity contribution in [1.82, 2.24) is 19.5 Å². The van der Waals surface area contributed by atoms with Crippen LogP contribution in [-0.4, -0.2) is 32.6 Å². The lowest BCUT2D eigenvalue weighted by Gasteiger charge is -2.11. The first-order valence-corrected chi connectivity index (χ1v) is 7.79. The van der Waals surface area contributed by atoms with Crippen molar-refractivity contribution < 1.29 is 4.39 Å². The van der Waals surface area contributed by atoms with Gasteiger partial charge in [0.05, 0.1) is 6.33 Å². The van der Waals surface area contributed by atoms with Crippen molar-refractivity contribution in [3.05, 3.63) is 36.4 Å². The summed E-state index contributed by atoms with van der Waals surface area (Å²) in [5, 5.41) is 6.27. The number of anilines is 3. The van der Waals surface area contributed by atoms with Crippen LogP contribution in [0.25, 0.3) is 11.2 Å². The maximum Gasteiger partial charge on any atom is 0.226 e. The minimum absolute atomic E-state index is 0.214. The van der Waals surface area contributed by atoms with E-state index in [2.05, 4.69) is 39.4 Å². The number of aromatic nitrogens is 4. The molecule has 0 aliphatic heterocycles. The van der Waals surface area contributed by atoms with Crippen molar-refractivity contribution in [2.75, 3.05) is 23.7 Å². The first-order valence-electron chi connectivity index (χ1n) is 7.79. The van der Waals surface area contributed by atoms with Gasteiger partial charge in [0, 0.05) is 24.8 Å². The molecule has 7 nitrogen and oxygen atoms in total. The SMILES string of the molecule is CC(C)n1cnc2c(Nc3ccc(F)cc3)nc(NCCN)nc21. The highest BCUT2D eigenvalue weighted by molar-refractivity contribution is 5.86. The molecule has 0 bridgehead atoms. The van der Waals surface area contributed by atoms with Crippen molar-refractivity contribution in [3.63, 3.8) is 0 Å². The van der Waals surface area contributed by atoms with E-state index in [9.17, 15) is 4.39 Å². The molecule has 0 amide bonds. The normalized spacial score (nSPS) is 11.2. The predicted molar refractivity (Wildman–Crippen MR) is 92.9 cm³/mol. The van der Waals surface area contributed by atoms with E-state index < -0.39 is 0 Å². The van der Waals surface area contributed by atoms with Gasteiger partial charge in [0.1, 0.15) is 5.82 Å². The third-order valence-electron chi connectivity index (χ3n) is 3.51. The Bertz CT molecular complexity index is 826. The molecule has 24 heavy (non-hydrogen) atoms. The van der Waals surface area contributed by atoms with Crippen LogP contribution in [0.15, 0.2) is 30.6 Å². The Balaban J connectivity index is 2.05. The fraction of sp³-hybridized carbons (Fsp3) is 0.312. The lowest BCUT2D eigenvalue weighted by Crippen LogP contribution is -2.15. The average molecular weight is 329 g/mol. The van der Waals surface area contributed by atoms with Crippen molar-refractivity contribution in [3.8, 4) is 0 Å². The fourth-order valence-electron chi connectivity index (χ4n) is 2.31. The highest BCUT2D eigenvalue weighted by Gasteiger charge is 2.15. The van der Waals surface area contributed by atoms with E-state index in [-0.39, 0.29) is 11.9 Å². The summed E-state index contributed by atoms with van der Waals surface area (Å²) >= 11 is 0. The topological polar surface area (TPSA) is 93.7 Å². The Kier molecular flexibility index (Phi) is 4.57.